The van der Waals surface area contributed by atoms with Crippen LogP contribution < -0.4 is 0 Å². The van der Waals surface area contributed by atoms with Crippen molar-refractivity contribution >= 4 is 5.97 Å². The average Bonchev–Trinajstić information content (AvgIpc) is 2.52. The number of esters is 1. The van der Waals surface area contributed by atoms with E-state index in [1.54, 1.807) is 6.07 Å². The molecule has 1 rings (SSSR count). The SMILES string of the molecule is CC(C)CCCCCOC(=O)CCCC(C)(C)c1cc(O)ccc1O. The number of ether oxygens (including phenoxy) is 1. The Kier molecular flexibility index (Phi) is 8.81. The first-order valence-electron chi connectivity index (χ1n) is 9.40. The summed E-state index contributed by atoms with van der Waals surface area (Å²) in [6, 6.07) is 4.55. The first-order valence-corrected chi connectivity index (χ1v) is 9.40. The Labute approximate surface area is 152 Å². The molecule has 2 N–H and O–H groups in total. The second kappa shape index (κ2) is 10.3. The Balaban J connectivity index is 2.27. The lowest BCUT2D eigenvalue weighted by Crippen LogP contribution is -2.18. The van der Waals surface area contributed by atoms with Crippen LogP contribution in [0.4, 0.5) is 0 Å². The maximum absolute atomic E-state index is 11.8. The fraction of sp³-hybridized carbons (Fsp3) is 0.667. The number of phenols is 2. The Morgan fingerprint density at radius 1 is 1.12 bits per heavy atom. The molecule has 0 saturated carbocycles. The number of carbonyl (C=O) groups excluding carboxylic acids is 1. The molecule has 0 radical (unpaired) electrons. The fourth-order valence-electron chi connectivity index (χ4n) is 2.97. The van der Waals surface area contributed by atoms with Crippen LogP contribution in [0.3, 0.4) is 0 Å². The molecule has 4 nitrogen and oxygen atoms in total. The second-order valence-corrected chi connectivity index (χ2v) is 7.90. The van der Waals surface area contributed by atoms with Crippen LogP contribution in [-0.2, 0) is 14.9 Å². The minimum absolute atomic E-state index is 0.137. The van der Waals surface area contributed by atoms with Crippen molar-refractivity contribution in [2.24, 2.45) is 5.92 Å². The molecule has 0 amide bonds. The second-order valence-electron chi connectivity index (χ2n) is 7.90. The first kappa shape index (κ1) is 21.3. The normalized spacial score (nSPS) is 11.7. The van der Waals surface area contributed by atoms with E-state index >= 15 is 0 Å². The highest BCUT2D eigenvalue weighted by Crippen LogP contribution is 2.36. The van der Waals surface area contributed by atoms with E-state index in [1.165, 1.54) is 25.0 Å². The monoisotopic (exact) mass is 350 g/mol. The summed E-state index contributed by atoms with van der Waals surface area (Å²) in [5.74, 6) is 0.890. The molecule has 25 heavy (non-hydrogen) atoms. The van der Waals surface area contributed by atoms with Gasteiger partial charge in [0.05, 0.1) is 6.61 Å². The topological polar surface area (TPSA) is 66.8 Å². The number of phenolic OH excluding ortho intramolecular Hbond substituents is 2. The van der Waals surface area contributed by atoms with Crippen LogP contribution in [0.25, 0.3) is 0 Å². The molecule has 0 unspecified atom stereocenters. The van der Waals surface area contributed by atoms with Gasteiger partial charge < -0.3 is 14.9 Å². The molecule has 0 bridgehead atoms. The van der Waals surface area contributed by atoms with Crippen molar-refractivity contribution in [1.29, 1.82) is 0 Å². The number of aromatic hydroxyl groups is 2. The highest BCUT2D eigenvalue weighted by Gasteiger charge is 2.24. The van der Waals surface area contributed by atoms with Crippen molar-refractivity contribution in [3.63, 3.8) is 0 Å². The van der Waals surface area contributed by atoms with E-state index in [2.05, 4.69) is 13.8 Å². The van der Waals surface area contributed by atoms with E-state index in [4.69, 9.17) is 4.74 Å². The molecule has 0 saturated heterocycles. The third kappa shape index (κ3) is 8.28. The zero-order valence-electron chi connectivity index (χ0n) is 16.2. The van der Waals surface area contributed by atoms with Gasteiger partial charge in [0.25, 0.3) is 0 Å². The molecule has 0 spiro atoms. The summed E-state index contributed by atoms with van der Waals surface area (Å²) in [6.07, 6.45) is 6.26. The van der Waals surface area contributed by atoms with Crippen LogP contribution >= 0.6 is 0 Å². The number of carbonyl (C=O) groups is 1. The van der Waals surface area contributed by atoms with E-state index in [9.17, 15) is 15.0 Å². The molecule has 0 heterocycles. The van der Waals surface area contributed by atoms with Crippen molar-refractivity contribution < 1.29 is 19.7 Å². The molecule has 0 aliphatic heterocycles. The maximum Gasteiger partial charge on any atom is 0.305 e. The van der Waals surface area contributed by atoms with Gasteiger partial charge in [-0.1, -0.05) is 47.0 Å². The molecular formula is C21H34O4. The van der Waals surface area contributed by atoms with E-state index in [1.807, 2.05) is 13.8 Å². The van der Waals surface area contributed by atoms with Gasteiger partial charge in [0.2, 0.25) is 0 Å². The van der Waals surface area contributed by atoms with E-state index in [0.717, 1.165) is 25.2 Å². The van der Waals surface area contributed by atoms with Crippen LogP contribution in [0.1, 0.15) is 78.2 Å². The lowest BCUT2D eigenvalue weighted by Gasteiger charge is -2.26. The van der Waals surface area contributed by atoms with Crippen LogP contribution in [0.5, 0.6) is 11.5 Å². The Hall–Kier alpha value is -1.71. The van der Waals surface area contributed by atoms with Crippen LogP contribution in [0, 0.1) is 5.92 Å². The van der Waals surface area contributed by atoms with Gasteiger partial charge >= 0.3 is 5.97 Å². The van der Waals surface area contributed by atoms with Crippen molar-refractivity contribution in [3.8, 4) is 11.5 Å². The average molecular weight is 350 g/mol. The van der Waals surface area contributed by atoms with Gasteiger partial charge in [0.15, 0.2) is 0 Å². The van der Waals surface area contributed by atoms with E-state index in [-0.39, 0.29) is 22.9 Å². The van der Waals surface area contributed by atoms with Gasteiger partial charge in [0.1, 0.15) is 11.5 Å². The number of benzene rings is 1. The van der Waals surface area contributed by atoms with Gasteiger partial charge in [-0.05, 0) is 48.8 Å². The molecule has 0 aliphatic rings. The zero-order valence-corrected chi connectivity index (χ0v) is 16.2. The molecule has 0 aromatic heterocycles. The Morgan fingerprint density at radius 3 is 2.52 bits per heavy atom. The largest absolute Gasteiger partial charge is 0.508 e. The summed E-state index contributed by atoms with van der Waals surface area (Å²) in [7, 11) is 0. The van der Waals surface area contributed by atoms with Crippen LogP contribution in [0.15, 0.2) is 18.2 Å². The van der Waals surface area contributed by atoms with E-state index < -0.39 is 0 Å². The smallest absolute Gasteiger partial charge is 0.305 e. The highest BCUT2D eigenvalue weighted by molar-refractivity contribution is 5.69. The summed E-state index contributed by atoms with van der Waals surface area (Å²) in [5, 5.41) is 19.6. The standard InChI is InChI=1S/C21H34O4/c1-16(2)9-6-5-7-14-25-20(24)10-8-13-21(3,4)18-15-17(22)11-12-19(18)23/h11-12,15-16,22-23H,5-10,13-14H2,1-4H3. The molecule has 0 atom stereocenters. The van der Waals surface area contributed by atoms with Crippen molar-refractivity contribution in [1.82, 2.24) is 0 Å². The van der Waals surface area contributed by atoms with E-state index in [0.29, 0.717) is 25.0 Å². The molecule has 4 heteroatoms. The molecule has 1 aromatic carbocycles. The summed E-state index contributed by atoms with van der Waals surface area (Å²) >= 11 is 0. The quantitative estimate of drug-likeness (QED) is 0.323. The lowest BCUT2D eigenvalue weighted by molar-refractivity contribution is -0.143. The van der Waals surface area contributed by atoms with Gasteiger partial charge in [-0.15, -0.1) is 0 Å². The fourth-order valence-corrected chi connectivity index (χ4v) is 2.97. The number of unbranched alkanes of at least 4 members (excludes halogenated alkanes) is 2. The first-order chi connectivity index (χ1) is 11.7. The minimum Gasteiger partial charge on any atom is -0.508 e. The van der Waals surface area contributed by atoms with Crippen molar-refractivity contribution in [3.05, 3.63) is 23.8 Å². The lowest BCUT2D eigenvalue weighted by atomic mass is 9.79. The summed E-state index contributed by atoms with van der Waals surface area (Å²) in [4.78, 5) is 11.8. The maximum atomic E-state index is 11.8. The molecule has 0 aliphatic carbocycles. The Bertz CT molecular complexity index is 535. The predicted octanol–water partition coefficient (Wildman–Crippen LogP) is 5.31. The minimum atomic E-state index is -0.319. The third-order valence-corrected chi connectivity index (χ3v) is 4.58. The third-order valence-electron chi connectivity index (χ3n) is 4.58. The van der Waals surface area contributed by atoms with Gasteiger partial charge in [-0.3, -0.25) is 4.79 Å². The molecular weight excluding hydrogens is 316 g/mol. The van der Waals surface area contributed by atoms with Crippen molar-refractivity contribution in [2.45, 2.75) is 78.1 Å². The number of hydrogen-bond donors (Lipinski definition) is 2. The Morgan fingerprint density at radius 2 is 1.84 bits per heavy atom. The zero-order chi connectivity index (χ0) is 18.9. The van der Waals surface area contributed by atoms with Gasteiger partial charge in [-0.25, -0.2) is 0 Å². The van der Waals surface area contributed by atoms with Crippen molar-refractivity contribution in [2.75, 3.05) is 6.61 Å². The van der Waals surface area contributed by atoms with Gasteiger partial charge in [-0.2, -0.15) is 0 Å². The van der Waals surface area contributed by atoms with Gasteiger partial charge in [0, 0.05) is 12.0 Å². The molecule has 1 aromatic rings. The summed E-state index contributed by atoms with van der Waals surface area (Å²) in [6.45, 7) is 8.95. The van der Waals surface area contributed by atoms with Crippen LogP contribution in [0.2, 0.25) is 0 Å². The summed E-state index contributed by atoms with van der Waals surface area (Å²) < 4.78 is 5.28. The molecule has 0 fully saturated rings. The predicted molar refractivity (Wildman–Crippen MR) is 101 cm³/mol. The number of hydrogen-bond acceptors (Lipinski definition) is 4. The highest BCUT2D eigenvalue weighted by atomic mass is 16.5. The summed E-state index contributed by atoms with van der Waals surface area (Å²) in [5.41, 5.74) is 0.381. The van der Waals surface area contributed by atoms with Crippen LogP contribution in [-0.4, -0.2) is 22.8 Å². The number of rotatable bonds is 11. The molecule has 142 valence electrons.